The van der Waals surface area contributed by atoms with Crippen LogP contribution in [0.4, 0.5) is 0 Å². The van der Waals surface area contributed by atoms with Gasteiger partial charge < -0.3 is 10.1 Å². The summed E-state index contributed by atoms with van der Waals surface area (Å²) in [5.41, 5.74) is 1.22. The Kier molecular flexibility index (Phi) is 4.68. The minimum absolute atomic E-state index is 0.0824. The number of benzene rings is 1. The van der Waals surface area contributed by atoms with E-state index in [0.717, 1.165) is 18.6 Å². The highest BCUT2D eigenvalue weighted by atomic mass is 16.5. The van der Waals surface area contributed by atoms with E-state index >= 15 is 0 Å². The number of hydrogen-bond acceptors (Lipinski definition) is 4. The van der Waals surface area contributed by atoms with E-state index in [9.17, 15) is 4.79 Å². The summed E-state index contributed by atoms with van der Waals surface area (Å²) >= 11 is 0. The Balaban J connectivity index is 1.37. The molecule has 1 aromatic carbocycles. The highest BCUT2D eigenvalue weighted by Crippen LogP contribution is 2.26. The van der Waals surface area contributed by atoms with Gasteiger partial charge in [0.25, 0.3) is 0 Å². The van der Waals surface area contributed by atoms with Crippen molar-refractivity contribution in [2.24, 2.45) is 5.92 Å². The number of nitrogens with zero attached hydrogens (tertiary/aromatic N) is 3. The average molecular weight is 300 g/mol. The molecular formula is C16H20N4O2. The lowest BCUT2D eigenvalue weighted by atomic mass is 9.97. The van der Waals surface area contributed by atoms with E-state index in [1.54, 1.807) is 11.0 Å². The van der Waals surface area contributed by atoms with E-state index in [1.807, 2.05) is 18.2 Å². The van der Waals surface area contributed by atoms with Crippen LogP contribution >= 0.6 is 0 Å². The number of nitrogens with one attached hydrogen (secondary N) is 1. The third-order valence-corrected chi connectivity index (χ3v) is 3.80. The second-order valence-electron chi connectivity index (χ2n) is 5.56. The SMILES string of the molecule is O=C(CCCn1cncn1)NC[C@@H]1COc2ccccc2C1. The maximum atomic E-state index is 11.9. The molecule has 0 radical (unpaired) electrons. The van der Waals surface area contributed by atoms with Gasteiger partial charge in [0.15, 0.2) is 0 Å². The molecule has 0 saturated heterocycles. The molecule has 1 aliphatic rings. The van der Waals surface area contributed by atoms with Gasteiger partial charge in [-0.2, -0.15) is 5.10 Å². The zero-order valence-electron chi connectivity index (χ0n) is 12.4. The van der Waals surface area contributed by atoms with E-state index < -0.39 is 0 Å². The Bertz CT molecular complexity index is 612. The number of aryl methyl sites for hydroxylation is 1. The number of carbonyl (C=O) groups excluding carboxylic acids is 1. The lowest BCUT2D eigenvalue weighted by molar-refractivity contribution is -0.121. The molecule has 0 fully saturated rings. The predicted octanol–water partition coefficient (Wildman–Crippen LogP) is 1.43. The number of fused-ring (bicyclic) bond motifs is 1. The first kappa shape index (κ1) is 14.6. The van der Waals surface area contributed by atoms with E-state index in [4.69, 9.17) is 4.74 Å². The summed E-state index contributed by atoms with van der Waals surface area (Å²) in [6.45, 7) is 2.04. The maximum Gasteiger partial charge on any atom is 0.220 e. The van der Waals surface area contributed by atoms with Crippen LogP contribution in [0, 0.1) is 5.92 Å². The van der Waals surface area contributed by atoms with Crippen molar-refractivity contribution in [2.75, 3.05) is 13.2 Å². The third kappa shape index (κ3) is 3.84. The van der Waals surface area contributed by atoms with Gasteiger partial charge in [-0.05, 0) is 24.5 Å². The van der Waals surface area contributed by atoms with Crippen LogP contribution in [0.15, 0.2) is 36.9 Å². The van der Waals surface area contributed by atoms with Crippen molar-refractivity contribution in [3.63, 3.8) is 0 Å². The largest absolute Gasteiger partial charge is 0.493 e. The van der Waals surface area contributed by atoms with Gasteiger partial charge in [0.1, 0.15) is 18.4 Å². The van der Waals surface area contributed by atoms with Crippen LogP contribution in [0.1, 0.15) is 18.4 Å². The normalized spacial score (nSPS) is 16.6. The number of aromatic nitrogens is 3. The summed E-state index contributed by atoms with van der Waals surface area (Å²) < 4.78 is 7.46. The van der Waals surface area contributed by atoms with E-state index in [2.05, 4.69) is 21.5 Å². The fourth-order valence-corrected chi connectivity index (χ4v) is 2.62. The number of para-hydroxylation sites is 1. The molecule has 0 saturated carbocycles. The van der Waals surface area contributed by atoms with E-state index in [-0.39, 0.29) is 5.91 Å². The van der Waals surface area contributed by atoms with Crippen LogP contribution in [-0.4, -0.2) is 33.8 Å². The second-order valence-corrected chi connectivity index (χ2v) is 5.56. The zero-order chi connectivity index (χ0) is 15.2. The van der Waals surface area contributed by atoms with Crippen LogP contribution in [-0.2, 0) is 17.8 Å². The van der Waals surface area contributed by atoms with E-state index in [1.165, 1.54) is 11.9 Å². The second kappa shape index (κ2) is 7.06. The number of rotatable bonds is 6. The van der Waals surface area contributed by atoms with Gasteiger partial charge in [-0.1, -0.05) is 18.2 Å². The number of ether oxygens (including phenoxy) is 1. The first-order valence-corrected chi connectivity index (χ1v) is 7.61. The minimum Gasteiger partial charge on any atom is -0.493 e. The van der Waals surface area contributed by atoms with Gasteiger partial charge in [-0.25, -0.2) is 4.98 Å². The first-order chi connectivity index (χ1) is 10.8. The fraction of sp³-hybridized carbons (Fsp3) is 0.438. The van der Waals surface area contributed by atoms with Crippen LogP contribution in [0.3, 0.4) is 0 Å². The van der Waals surface area contributed by atoms with Crippen molar-refractivity contribution >= 4 is 5.91 Å². The summed E-state index contributed by atoms with van der Waals surface area (Å²) in [4.78, 5) is 15.7. The van der Waals surface area contributed by atoms with Crippen molar-refractivity contribution in [1.82, 2.24) is 20.1 Å². The molecule has 2 aromatic rings. The summed E-state index contributed by atoms with van der Waals surface area (Å²) in [7, 11) is 0. The quantitative estimate of drug-likeness (QED) is 0.876. The summed E-state index contributed by atoms with van der Waals surface area (Å²) in [6.07, 6.45) is 5.38. The van der Waals surface area contributed by atoms with Crippen LogP contribution in [0.2, 0.25) is 0 Å². The molecule has 6 heteroatoms. The van der Waals surface area contributed by atoms with Crippen LogP contribution < -0.4 is 10.1 Å². The lowest BCUT2D eigenvalue weighted by Crippen LogP contribution is -2.34. The predicted molar refractivity (Wildman–Crippen MR) is 81.4 cm³/mol. The molecule has 3 rings (SSSR count). The Hall–Kier alpha value is -2.37. The van der Waals surface area contributed by atoms with Crippen molar-refractivity contribution in [1.29, 1.82) is 0 Å². The number of carbonyl (C=O) groups is 1. The van der Waals surface area contributed by atoms with Gasteiger partial charge in [-0.15, -0.1) is 0 Å². The van der Waals surface area contributed by atoms with Crippen molar-refractivity contribution in [3.8, 4) is 5.75 Å². The minimum atomic E-state index is 0.0824. The smallest absolute Gasteiger partial charge is 0.220 e. The molecule has 1 aliphatic heterocycles. The van der Waals surface area contributed by atoms with Gasteiger partial charge in [0, 0.05) is 25.4 Å². The first-order valence-electron chi connectivity index (χ1n) is 7.61. The van der Waals surface area contributed by atoms with Crippen molar-refractivity contribution in [2.45, 2.75) is 25.8 Å². The summed E-state index contributed by atoms with van der Waals surface area (Å²) in [5.74, 6) is 1.39. The molecule has 1 aromatic heterocycles. The molecule has 0 aliphatic carbocycles. The topological polar surface area (TPSA) is 69.0 Å². The molecule has 0 bridgehead atoms. The Labute approximate surface area is 129 Å². The highest BCUT2D eigenvalue weighted by Gasteiger charge is 2.19. The van der Waals surface area contributed by atoms with Crippen molar-refractivity contribution < 1.29 is 9.53 Å². The molecule has 0 unspecified atom stereocenters. The van der Waals surface area contributed by atoms with Crippen LogP contribution in [0.25, 0.3) is 0 Å². The monoisotopic (exact) mass is 300 g/mol. The van der Waals surface area contributed by atoms with Crippen molar-refractivity contribution in [3.05, 3.63) is 42.5 Å². The number of amides is 1. The number of hydrogen-bond donors (Lipinski definition) is 1. The molecule has 1 N–H and O–H groups in total. The molecule has 2 heterocycles. The Morgan fingerprint density at radius 1 is 1.41 bits per heavy atom. The average Bonchev–Trinajstić information content (AvgIpc) is 3.06. The molecule has 22 heavy (non-hydrogen) atoms. The Morgan fingerprint density at radius 2 is 2.32 bits per heavy atom. The molecule has 116 valence electrons. The van der Waals surface area contributed by atoms with E-state index in [0.29, 0.717) is 32.0 Å². The third-order valence-electron chi connectivity index (χ3n) is 3.80. The van der Waals surface area contributed by atoms with Gasteiger partial charge in [-0.3, -0.25) is 9.48 Å². The van der Waals surface area contributed by atoms with Crippen LogP contribution in [0.5, 0.6) is 5.75 Å². The molecule has 0 spiro atoms. The molecule has 6 nitrogen and oxygen atoms in total. The highest BCUT2D eigenvalue weighted by molar-refractivity contribution is 5.75. The van der Waals surface area contributed by atoms with Gasteiger partial charge in [0.2, 0.25) is 5.91 Å². The molecule has 1 amide bonds. The molecule has 1 atom stereocenters. The fourth-order valence-electron chi connectivity index (χ4n) is 2.62. The van der Waals surface area contributed by atoms with Gasteiger partial charge >= 0.3 is 0 Å². The summed E-state index contributed by atoms with van der Waals surface area (Å²) in [5, 5.41) is 7.01. The van der Waals surface area contributed by atoms with Gasteiger partial charge in [0.05, 0.1) is 6.61 Å². The lowest BCUT2D eigenvalue weighted by Gasteiger charge is -2.25. The molecular weight excluding hydrogens is 280 g/mol. The zero-order valence-corrected chi connectivity index (χ0v) is 12.4. The Morgan fingerprint density at radius 3 is 3.18 bits per heavy atom. The maximum absolute atomic E-state index is 11.9. The standard InChI is InChI=1S/C16H20N4O2/c21-16(6-3-7-20-12-17-11-19-20)18-9-13-8-14-4-1-2-5-15(14)22-10-13/h1-2,4-5,11-13H,3,6-10H2,(H,18,21)/t13-/m1/s1. The summed E-state index contributed by atoms with van der Waals surface area (Å²) in [6, 6.07) is 8.08.